The molecule has 2 N–H and O–H groups in total. The highest BCUT2D eigenvalue weighted by molar-refractivity contribution is 7.92. The van der Waals surface area contributed by atoms with Crippen LogP contribution < -0.4 is 14.8 Å². The summed E-state index contributed by atoms with van der Waals surface area (Å²) in [6, 6.07) is 10.5. The van der Waals surface area contributed by atoms with E-state index in [1.165, 1.54) is 18.2 Å². The average Bonchev–Trinajstić information content (AvgIpc) is 2.72. The summed E-state index contributed by atoms with van der Waals surface area (Å²) in [6.07, 6.45) is 0. The molecule has 164 valence electrons. The van der Waals surface area contributed by atoms with Crippen LogP contribution in [0.5, 0.6) is 5.75 Å². The fourth-order valence-electron chi connectivity index (χ4n) is 2.42. The molecule has 8 nitrogen and oxygen atoms in total. The zero-order valence-electron chi connectivity index (χ0n) is 16.8. The van der Waals surface area contributed by atoms with Crippen LogP contribution in [0.2, 0.25) is 5.02 Å². The van der Waals surface area contributed by atoms with E-state index in [9.17, 15) is 13.2 Å². The lowest BCUT2D eigenvalue weighted by Gasteiger charge is -2.12. The van der Waals surface area contributed by atoms with Gasteiger partial charge in [0.05, 0.1) is 41.9 Å². The second-order valence-electron chi connectivity index (χ2n) is 6.07. The van der Waals surface area contributed by atoms with Gasteiger partial charge in [0.15, 0.2) is 0 Å². The van der Waals surface area contributed by atoms with Crippen molar-refractivity contribution >= 4 is 33.2 Å². The van der Waals surface area contributed by atoms with E-state index in [-0.39, 0.29) is 22.0 Å². The van der Waals surface area contributed by atoms with E-state index in [0.29, 0.717) is 37.9 Å². The Morgan fingerprint density at radius 1 is 1.07 bits per heavy atom. The minimum absolute atomic E-state index is 0.0585. The van der Waals surface area contributed by atoms with Gasteiger partial charge < -0.3 is 19.5 Å². The van der Waals surface area contributed by atoms with Gasteiger partial charge in [0, 0.05) is 19.3 Å². The van der Waals surface area contributed by atoms with E-state index >= 15 is 0 Å². The number of amides is 1. The van der Waals surface area contributed by atoms with Crippen molar-refractivity contribution in [2.45, 2.75) is 11.8 Å². The zero-order chi connectivity index (χ0) is 22.0. The molecule has 0 fully saturated rings. The largest absolute Gasteiger partial charge is 0.494 e. The van der Waals surface area contributed by atoms with Crippen molar-refractivity contribution in [2.75, 3.05) is 44.8 Å². The lowest BCUT2D eigenvalue weighted by molar-refractivity contribution is 0.0692. The molecule has 0 aromatic heterocycles. The van der Waals surface area contributed by atoms with Gasteiger partial charge in [0.1, 0.15) is 5.75 Å². The molecule has 2 rings (SSSR count). The maximum Gasteiger partial charge on any atom is 0.261 e. The van der Waals surface area contributed by atoms with Crippen LogP contribution in [0, 0.1) is 0 Å². The number of halogens is 1. The first-order valence-electron chi connectivity index (χ1n) is 9.27. The SMILES string of the molecule is CCOc1ccc(NS(=O)(=O)c2ccc(Cl)c(C(=O)NCCOCCOC)c2)cc1. The van der Waals surface area contributed by atoms with Gasteiger partial charge in [0.2, 0.25) is 0 Å². The molecule has 0 unspecified atom stereocenters. The summed E-state index contributed by atoms with van der Waals surface area (Å²) >= 11 is 6.09. The smallest absolute Gasteiger partial charge is 0.261 e. The van der Waals surface area contributed by atoms with Crippen molar-refractivity contribution in [1.82, 2.24) is 5.32 Å². The fourth-order valence-corrected chi connectivity index (χ4v) is 3.71. The highest BCUT2D eigenvalue weighted by Gasteiger charge is 2.19. The van der Waals surface area contributed by atoms with Crippen LogP contribution in [0.4, 0.5) is 5.69 Å². The minimum atomic E-state index is -3.91. The Morgan fingerprint density at radius 2 is 1.80 bits per heavy atom. The van der Waals surface area contributed by atoms with Crippen molar-refractivity contribution in [3.05, 3.63) is 53.1 Å². The normalized spacial score (nSPS) is 11.2. The summed E-state index contributed by atoms with van der Waals surface area (Å²) in [5.74, 6) is 0.144. The predicted octanol–water partition coefficient (Wildman–Crippen LogP) is 2.93. The molecule has 0 saturated heterocycles. The van der Waals surface area contributed by atoms with Gasteiger partial charge in [-0.2, -0.15) is 0 Å². The Balaban J connectivity index is 2.05. The Bertz CT molecular complexity index is 935. The molecule has 0 radical (unpaired) electrons. The van der Waals surface area contributed by atoms with Crippen molar-refractivity contribution in [3.63, 3.8) is 0 Å². The third-order valence-electron chi connectivity index (χ3n) is 3.87. The van der Waals surface area contributed by atoms with Crippen molar-refractivity contribution in [2.24, 2.45) is 0 Å². The Morgan fingerprint density at radius 3 is 2.47 bits per heavy atom. The summed E-state index contributed by atoms with van der Waals surface area (Å²) in [6.45, 7) is 3.79. The number of hydrogen-bond donors (Lipinski definition) is 2. The van der Waals surface area contributed by atoms with Gasteiger partial charge in [-0.3, -0.25) is 9.52 Å². The van der Waals surface area contributed by atoms with Crippen molar-refractivity contribution in [1.29, 1.82) is 0 Å². The molecule has 30 heavy (non-hydrogen) atoms. The van der Waals surface area contributed by atoms with Crippen LogP contribution in [0.1, 0.15) is 17.3 Å². The van der Waals surface area contributed by atoms with Crippen LogP contribution in [0.25, 0.3) is 0 Å². The van der Waals surface area contributed by atoms with E-state index in [1.807, 2.05) is 6.92 Å². The molecule has 0 bridgehead atoms. The molecule has 0 spiro atoms. The van der Waals surface area contributed by atoms with E-state index in [4.69, 9.17) is 25.8 Å². The monoisotopic (exact) mass is 456 g/mol. The average molecular weight is 457 g/mol. The molecule has 2 aromatic carbocycles. The van der Waals surface area contributed by atoms with Gasteiger partial charge in [-0.05, 0) is 49.4 Å². The first-order valence-corrected chi connectivity index (χ1v) is 11.1. The molecular formula is C20H25ClN2O6S. The predicted molar refractivity (Wildman–Crippen MR) is 115 cm³/mol. The number of nitrogens with one attached hydrogen (secondary N) is 2. The number of carbonyl (C=O) groups is 1. The van der Waals surface area contributed by atoms with Crippen LogP contribution in [0.3, 0.4) is 0 Å². The number of carbonyl (C=O) groups excluding carboxylic acids is 1. The standard InChI is InChI=1S/C20H25ClN2O6S/c1-3-29-16-6-4-15(5-7-16)23-30(25,26)17-8-9-19(21)18(14-17)20(24)22-10-11-28-13-12-27-2/h4-9,14,23H,3,10-13H2,1-2H3,(H,22,24). The number of benzene rings is 2. The lowest BCUT2D eigenvalue weighted by Crippen LogP contribution is -2.28. The van der Waals surface area contributed by atoms with Crippen LogP contribution in [-0.4, -0.2) is 54.4 Å². The van der Waals surface area contributed by atoms with E-state index in [1.54, 1.807) is 31.4 Å². The molecule has 0 saturated carbocycles. The highest BCUT2D eigenvalue weighted by Crippen LogP contribution is 2.23. The second kappa shape index (κ2) is 11.8. The molecular weight excluding hydrogens is 432 g/mol. The first-order chi connectivity index (χ1) is 14.4. The Kier molecular flexibility index (Phi) is 9.38. The van der Waals surface area contributed by atoms with Gasteiger partial charge in [-0.15, -0.1) is 0 Å². The van der Waals surface area contributed by atoms with Crippen LogP contribution in [0.15, 0.2) is 47.4 Å². The summed E-state index contributed by atoms with van der Waals surface area (Å²) in [4.78, 5) is 12.3. The number of rotatable bonds is 12. The number of ether oxygens (including phenoxy) is 3. The van der Waals surface area contributed by atoms with Gasteiger partial charge in [-0.1, -0.05) is 11.6 Å². The summed E-state index contributed by atoms with van der Waals surface area (Å²) in [7, 11) is -2.35. The van der Waals surface area contributed by atoms with Crippen molar-refractivity contribution in [3.8, 4) is 5.75 Å². The summed E-state index contributed by atoms with van der Waals surface area (Å²) in [5.41, 5.74) is 0.427. The topological polar surface area (TPSA) is 103 Å². The number of methoxy groups -OCH3 is 1. The van der Waals surface area contributed by atoms with Crippen molar-refractivity contribution < 1.29 is 27.4 Å². The van der Waals surface area contributed by atoms with Gasteiger partial charge in [0.25, 0.3) is 15.9 Å². The van der Waals surface area contributed by atoms with Gasteiger partial charge in [-0.25, -0.2) is 8.42 Å². The number of sulfonamides is 1. The second-order valence-corrected chi connectivity index (χ2v) is 8.16. The van der Waals surface area contributed by atoms with Crippen LogP contribution in [-0.2, 0) is 19.5 Å². The number of hydrogen-bond acceptors (Lipinski definition) is 6. The summed E-state index contributed by atoms with van der Waals surface area (Å²) in [5, 5.41) is 2.79. The summed E-state index contributed by atoms with van der Waals surface area (Å²) < 4.78 is 43.4. The fraction of sp³-hybridized carbons (Fsp3) is 0.350. The highest BCUT2D eigenvalue weighted by atomic mass is 35.5. The zero-order valence-corrected chi connectivity index (χ0v) is 18.4. The van der Waals surface area contributed by atoms with E-state index < -0.39 is 15.9 Å². The molecule has 0 aliphatic carbocycles. The molecule has 0 heterocycles. The van der Waals surface area contributed by atoms with Crippen LogP contribution >= 0.6 is 11.6 Å². The number of anilines is 1. The van der Waals surface area contributed by atoms with E-state index in [2.05, 4.69) is 10.0 Å². The first kappa shape index (κ1) is 23.9. The molecule has 0 aliphatic rings. The molecule has 0 atom stereocenters. The molecule has 1 amide bonds. The third kappa shape index (κ3) is 7.17. The molecule has 0 aliphatic heterocycles. The molecule has 2 aromatic rings. The maximum absolute atomic E-state index is 12.7. The van der Waals surface area contributed by atoms with Gasteiger partial charge >= 0.3 is 0 Å². The molecule has 10 heteroatoms. The maximum atomic E-state index is 12.7. The lowest BCUT2D eigenvalue weighted by atomic mass is 10.2. The quantitative estimate of drug-likeness (QED) is 0.476. The third-order valence-corrected chi connectivity index (χ3v) is 5.58. The Hall–Kier alpha value is -2.33. The van der Waals surface area contributed by atoms with E-state index in [0.717, 1.165) is 0 Å². The Labute approximate surface area is 181 Å². The minimum Gasteiger partial charge on any atom is -0.494 e.